The van der Waals surface area contributed by atoms with E-state index < -0.39 is 5.91 Å². The summed E-state index contributed by atoms with van der Waals surface area (Å²) in [5.74, 6) is 4.80. The van der Waals surface area contributed by atoms with Gasteiger partial charge in [0.15, 0.2) is 0 Å². The fraction of sp³-hybridized carbons (Fsp3) is 0.0909. The van der Waals surface area contributed by atoms with Crippen molar-refractivity contribution in [3.8, 4) is 11.8 Å². The first-order valence-electron chi connectivity index (χ1n) is 12.7. The smallest absolute Gasteiger partial charge is 0.300 e. The number of hydrogen-bond acceptors (Lipinski definition) is 4. The summed E-state index contributed by atoms with van der Waals surface area (Å²) < 4.78 is 0. The summed E-state index contributed by atoms with van der Waals surface area (Å²) in [7, 11) is 4.07. The third-order valence-electron chi connectivity index (χ3n) is 6.20. The number of halogens is 1. The van der Waals surface area contributed by atoms with Crippen molar-refractivity contribution in [1.29, 1.82) is 0 Å². The van der Waals surface area contributed by atoms with E-state index in [-0.39, 0.29) is 5.91 Å². The molecule has 7 heteroatoms. The van der Waals surface area contributed by atoms with Gasteiger partial charge in [-0.2, -0.15) is 0 Å². The largest absolute Gasteiger partial charge is 0.354 e. The molecule has 0 saturated carbocycles. The number of anilines is 3. The van der Waals surface area contributed by atoms with Gasteiger partial charge in [0.05, 0.1) is 17.0 Å². The molecule has 0 unspecified atom stereocenters. The van der Waals surface area contributed by atoms with Crippen LogP contribution in [0.25, 0.3) is 11.3 Å². The van der Waals surface area contributed by atoms with Crippen LogP contribution in [0.3, 0.4) is 0 Å². The van der Waals surface area contributed by atoms with Crippen LogP contribution in [0.15, 0.2) is 97.1 Å². The SMILES string of the molecule is CN(C)Cc1ccc(N/C(=C2\C(=O)Nc3cc(C#CC(=O)Nc4cccc(Cl)c4)ccc32)c2ccccc2)cc1. The number of rotatable bonds is 6. The fourth-order valence-electron chi connectivity index (χ4n) is 4.44. The second-order valence-electron chi connectivity index (χ2n) is 9.60. The van der Waals surface area contributed by atoms with E-state index in [9.17, 15) is 9.59 Å². The summed E-state index contributed by atoms with van der Waals surface area (Å²) in [6.07, 6.45) is 0. The van der Waals surface area contributed by atoms with Crippen LogP contribution in [0, 0.1) is 11.8 Å². The molecule has 40 heavy (non-hydrogen) atoms. The zero-order valence-electron chi connectivity index (χ0n) is 22.1. The van der Waals surface area contributed by atoms with Gasteiger partial charge in [-0.1, -0.05) is 72.1 Å². The molecule has 0 radical (unpaired) electrons. The zero-order valence-corrected chi connectivity index (χ0v) is 22.8. The van der Waals surface area contributed by atoms with E-state index in [1.807, 2.05) is 62.6 Å². The van der Waals surface area contributed by atoms with Crippen LogP contribution in [0.5, 0.6) is 0 Å². The van der Waals surface area contributed by atoms with E-state index in [0.717, 1.165) is 23.4 Å². The van der Waals surface area contributed by atoms with Gasteiger partial charge in [0.1, 0.15) is 0 Å². The van der Waals surface area contributed by atoms with Crippen molar-refractivity contribution in [2.75, 3.05) is 30.0 Å². The summed E-state index contributed by atoms with van der Waals surface area (Å²) in [5, 5.41) is 9.68. The number of carbonyl (C=O) groups excluding carboxylic acids is 2. The summed E-state index contributed by atoms with van der Waals surface area (Å²) in [4.78, 5) is 27.7. The minimum atomic E-state index is -0.459. The van der Waals surface area contributed by atoms with Crippen molar-refractivity contribution in [2.24, 2.45) is 0 Å². The first kappa shape index (κ1) is 26.8. The van der Waals surface area contributed by atoms with Gasteiger partial charge in [-0.15, -0.1) is 0 Å². The molecule has 5 rings (SSSR count). The first-order chi connectivity index (χ1) is 19.4. The Bertz CT molecular complexity index is 1670. The fourth-order valence-corrected chi connectivity index (χ4v) is 4.63. The number of nitrogens with one attached hydrogen (secondary N) is 3. The van der Waals surface area contributed by atoms with Crippen LogP contribution in [-0.4, -0.2) is 30.8 Å². The lowest BCUT2D eigenvalue weighted by Gasteiger charge is -2.16. The number of hydrogen-bond donors (Lipinski definition) is 3. The summed E-state index contributed by atoms with van der Waals surface area (Å²) in [6.45, 7) is 0.843. The normalized spacial score (nSPS) is 13.2. The van der Waals surface area contributed by atoms with E-state index >= 15 is 0 Å². The Kier molecular flexibility index (Phi) is 7.97. The standard InChI is InChI=1S/C33H27ClN4O2/c1-38(2)21-23-11-15-26(16-12-23)36-32(24-7-4-3-5-8-24)31-28-17-13-22(19-29(28)37-33(31)40)14-18-30(39)35-27-10-6-9-25(34)20-27/h3-13,15-17,19-20,36H,21H2,1-2H3,(H,35,39)(H,37,40)/b32-31-. The molecular formula is C33H27ClN4O2. The highest BCUT2D eigenvalue weighted by atomic mass is 35.5. The van der Waals surface area contributed by atoms with Crippen molar-refractivity contribution in [1.82, 2.24) is 4.90 Å². The van der Waals surface area contributed by atoms with Crippen molar-refractivity contribution in [3.05, 3.63) is 124 Å². The summed E-state index contributed by atoms with van der Waals surface area (Å²) in [5.41, 5.74) is 6.77. The molecule has 0 saturated heterocycles. The van der Waals surface area contributed by atoms with Gasteiger partial charge in [-0.05, 0) is 67.7 Å². The van der Waals surface area contributed by atoms with Crippen LogP contribution in [0.2, 0.25) is 5.02 Å². The molecule has 1 aliphatic heterocycles. The van der Waals surface area contributed by atoms with E-state index in [1.165, 1.54) is 5.56 Å². The lowest BCUT2D eigenvalue weighted by atomic mass is 9.99. The Labute approximate surface area is 238 Å². The lowest BCUT2D eigenvalue weighted by Crippen LogP contribution is -2.11. The molecule has 0 atom stereocenters. The maximum absolute atomic E-state index is 13.3. The first-order valence-corrected chi connectivity index (χ1v) is 13.1. The number of nitrogens with zero attached hydrogens (tertiary/aromatic N) is 1. The van der Waals surface area contributed by atoms with E-state index in [1.54, 1.807) is 36.4 Å². The highest BCUT2D eigenvalue weighted by Crippen LogP contribution is 2.38. The molecule has 0 aromatic heterocycles. The minimum absolute atomic E-state index is 0.214. The van der Waals surface area contributed by atoms with Crippen LogP contribution < -0.4 is 16.0 Å². The quantitative estimate of drug-likeness (QED) is 0.195. The van der Waals surface area contributed by atoms with Gasteiger partial charge in [0.25, 0.3) is 5.91 Å². The van der Waals surface area contributed by atoms with Crippen LogP contribution in [-0.2, 0) is 16.1 Å². The molecule has 4 aromatic rings. The van der Waals surface area contributed by atoms with Gasteiger partial charge >= 0.3 is 5.91 Å². The molecule has 1 heterocycles. The molecule has 0 spiro atoms. The Balaban J connectivity index is 1.44. The predicted octanol–water partition coefficient (Wildman–Crippen LogP) is 6.32. The number of fused-ring (bicyclic) bond motifs is 1. The monoisotopic (exact) mass is 546 g/mol. The molecule has 3 N–H and O–H groups in total. The second kappa shape index (κ2) is 11.9. The molecule has 0 bridgehead atoms. The van der Waals surface area contributed by atoms with Gasteiger partial charge < -0.3 is 20.9 Å². The van der Waals surface area contributed by atoms with Crippen molar-refractivity contribution in [3.63, 3.8) is 0 Å². The molecular weight excluding hydrogens is 520 g/mol. The van der Waals surface area contributed by atoms with Crippen LogP contribution >= 0.6 is 11.6 Å². The number of amides is 2. The molecule has 198 valence electrons. The van der Waals surface area contributed by atoms with Crippen LogP contribution in [0.1, 0.15) is 22.3 Å². The van der Waals surface area contributed by atoms with Gasteiger partial charge in [-0.3, -0.25) is 9.59 Å². The zero-order chi connectivity index (χ0) is 28.1. The molecule has 0 fully saturated rings. The average Bonchev–Trinajstić information content (AvgIpc) is 3.26. The lowest BCUT2D eigenvalue weighted by molar-refractivity contribution is -0.111. The number of benzene rings is 4. The molecule has 2 amide bonds. The molecule has 4 aromatic carbocycles. The maximum Gasteiger partial charge on any atom is 0.300 e. The van der Waals surface area contributed by atoms with E-state index in [0.29, 0.717) is 33.2 Å². The van der Waals surface area contributed by atoms with E-state index in [2.05, 4.69) is 44.8 Å². The van der Waals surface area contributed by atoms with Crippen LogP contribution in [0.4, 0.5) is 17.1 Å². The Morgan fingerprint density at radius 3 is 2.38 bits per heavy atom. The molecule has 0 aliphatic carbocycles. The molecule has 1 aliphatic rings. The van der Waals surface area contributed by atoms with E-state index in [4.69, 9.17) is 11.6 Å². The average molecular weight is 547 g/mol. The Morgan fingerprint density at radius 2 is 1.65 bits per heavy atom. The predicted molar refractivity (Wildman–Crippen MR) is 163 cm³/mol. The topological polar surface area (TPSA) is 73.5 Å². The highest BCUT2D eigenvalue weighted by Gasteiger charge is 2.28. The maximum atomic E-state index is 13.3. The third kappa shape index (κ3) is 6.41. The number of carbonyl (C=O) groups is 2. The molecule has 6 nitrogen and oxygen atoms in total. The van der Waals surface area contributed by atoms with Crippen molar-refractivity contribution < 1.29 is 9.59 Å². The minimum Gasteiger partial charge on any atom is -0.354 e. The third-order valence-corrected chi connectivity index (χ3v) is 6.44. The summed E-state index contributed by atoms with van der Waals surface area (Å²) >= 11 is 5.98. The Morgan fingerprint density at radius 1 is 0.875 bits per heavy atom. The van der Waals surface area contributed by atoms with Crippen molar-refractivity contribution in [2.45, 2.75) is 6.54 Å². The van der Waals surface area contributed by atoms with Gasteiger partial charge in [0, 0.05) is 40.0 Å². The van der Waals surface area contributed by atoms with Gasteiger partial charge in [-0.25, -0.2) is 0 Å². The van der Waals surface area contributed by atoms with Crippen molar-refractivity contribution >= 4 is 51.7 Å². The Hall–Kier alpha value is -4.83. The highest BCUT2D eigenvalue weighted by molar-refractivity contribution is 6.37. The summed E-state index contributed by atoms with van der Waals surface area (Å²) in [6, 6.07) is 30.3. The second-order valence-corrected chi connectivity index (χ2v) is 10.0. The van der Waals surface area contributed by atoms with Gasteiger partial charge in [0.2, 0.25) is 0 Å².